The van der Waals surface area contributed by atoms with Crippen LogP contribution in [0.5, 0.6) is 0 Å². The molecule has 0 unspecified atom stereocenters. The first-order valence-corrected chi connectivity index (χ1v) is 6.80. The smallest absolute Gasteiger partial charge is 0.200 e. The fourth-order valence-corrected chi connectivity index (χ4v) is 2.71. The molecule has 0 bridgehead atoms. The Kier molecular flexibility index (Phi) is 3.15. The van der Waals surface area contributed by atoms with Crippen molar-refractivity contribution in [3.05, 3.63) is 46.3 Å². The predicted octanol–water partition coefficient (Wildman–Crippen LogP) is 3.40. The highest BCUT2D eigenvalue weighted by molar-refractivity contribution is 5.76. The van der Waals surface area contributed by atoms with E-state index >= 15 is 0 Å². The van der Waals surface area contributed by atoms with Gasteiger partial charge in [-0.1, -0.05) is 12.1 Å². The quantitative estimate of drug-likeness (QED) is 0.799. The summed E-state index contributed by atoms with van der Waals surface area (Å²) in [6.07, 6.45) is 1.61. The van der Waals surface area contributed by atoms with Crippen LogP contribution >= 0.6 is 0 Å². The lowest BCUT2D eigenvalue weighted by Crippen LogP contribution is -2.40. The zero-order valence-electron chi connectivity index (χ0n) is 11.9. The number of fused-ring (bicyclic) bond motifs is 1. The predicted molar refractivity (Wildman–Crippen MR) is 75.6 cm³/mol. The van der Waals surface area contributed by atoms with Crippen LogP contribution < -0.4 is 5.43 Å². The lowest BCUT2D eigenvalue weighted by atomic mass is 9.99. The van der Waals surface area contributed by atoms with Gasteiger partial charge in [0.25, 0.3) is 0 Å². The molecule has 0 aliphatic carbocycles. The van der Waals surface area contributed by atoms with Crippen molar-refractivity contribution in [2.24, 2.45) is 0 Å². The molecule has 20 heavy (non-hydrogen) atoms. The molecule has 3 rings (SSSR count). The van der Waals surface area contributed by atoms with Crippen LogP contribution in [0.3, 0.4) is 0 Å². The van der Waals surface area contributed by atoms with Crippen molar-refractivity contribution in [2.75, 3.05) is 0 Å². The minimum absolute atomic E-state index is 0.0367. The molecule has 2 atom stereocenters. The molecule has 1 saturated heterocycles. The number of hydrogen-bond acceptors (Lipinski definition) is 4. The highest BCUT2D eigenvalue weighted by Gasteiger charge is 2.35. The molecule has 0 amide bonds. The van der Waals surface area contributed by atoms with Gasteiger partial charge in [0.1, 0.15) is 11.8 Å². The van der Waals surface area contributed by atoms with Crippen LogP contribution in [0.2, 0.25) is 0 Å². The van der Waals surface area contributed by atoms with Gasteiger partial charge >= 0.3 is 0 Å². The lowest BCUT2D eigenvalue weighted by Gasteiger charge is -2.39. The molecule has 2 heterocycles. The molecule has 2 aromatic rings. The van der Waals surface area contributed by atoms with E-state index in [2.05, 4.69) is 0 Å². The largest absolute Gasteiger partial charge is 0.464 e. The van der Waals surface area contributed by atoms with Gasteiger partial charge in [0.15, 0.2) is 6.29 Å². The standard InChI is InChI=1S/C16H18O4/c1-10-8-16(2,3)20-15(19-10)12-9-18-13-7-5-4-6-11(13)14(12)17/h4-7,9-10,15H,8H2,1-3H3/t10-,15+/m0/s1. The van der Waals surface area contributed by atoms with E-state index in [0.717, 1.165) is 6.42 Å². The second-order valence-corrected chi connectivity index (χ2v) is 5.88. The van der Waals surface area contributed by atoms with E-state index in [1.165, 1.54) is 6.26 Å². The molecule has 1 aliphatic heterocycles. The summed E-state index contributed by atoms with van der Waals surface area (Å²) in [7, 11) is 0. The Morgan fingerprint density at radius 3 is 2.75 bits per heavy atom. The van der Waals surface area contributed by atoms with Crippen molar-refractivity contribution < 1.29 is 13.9 Å². The molecule has 0 N–H and O–H groups in total. The van der Waals surface area contributed by atoms with Crippen LogP contribution in [-0.4, -0.2) is 11.7 Å². The van der Waals surface area contributed by atoms with Crippen LogP contribution in [0.4, 0.5) is 0 Å². The van der Waals surface area contributed by atoms with Gasteiger partial charge in [0, 0.05) is 6.42 Å². The monoisotopic (exact) mass is 274 g/mol. The number of benzene rings is 1. The molecule has 4 nitrogen and oxygen atoms in total. The van der Waals surface area contributed by atoms with Crippen molar-refractivity contribution in [1.29, 1.82) is 0 Å². The van der Waals surface area contributed by atoms with E-state index in [1.807, 2.05) is 32.9 Å². The summed E-state index contributed by atoms with van der Waals surface area (Å²) < 4.78 is 17.2. The highest BCUT2D eigenvalue weighted by Crippen LogP contribution is 2.34. The van der Waals surface area contributed by atoms with Crippen LogP contribution in [0.15, 0.2) is 39.7 Å². The van der Waals surface area contributed by atoms with Crippen LogP contribution in [0.1, 0.15) is 39.0 Å². The highest BCUT2D eigenvalue weighted by atomic mass is 16.7. The zero-order valence-corrected chi connectivity index (χ0v) is 11.9. The molecule has 4 heteroatoms. The minimum atomic E-state index is -0.672. The van der Waals surface area contributed by atoms with Gasteiger partial charge in [-0.15, -0.1) is 0 Å². The molecule has 1 aromatic carbocycles. The molecular weight excluding hydrogens is 256 g/mol. The summed E-state index contributed by atoms with van der Waals surface area (Å²) in [6.45, 7) is 5.99. The van der Waals surface area contributed by atoms with Gasteiger partial charge in [-0.2, -0.15) is 0 Å². The van der Waals surface area contributed by atoms with Crippen molar-refractivity contribution >= 4 is 11.0 Å². The van der Waals surface area contributed by atoms with E-state index in [0.29, 0.717) is 16.5 Å². The third-order valence-electron chi connectivity index (χ3n) is 3.52. The zero-order chi connectivity index (χ0) is 14.3. The van der Waals surface area contributed by atoms with Crippen molar-refractivity contribution in [1.82, 2.24) is 0 Å². The van der Waals surface area contributed by atoms with Gasteiger partial charge in [0.05, 0.1) is 22.7 Å². The Morgan fingerprint density at radius 2 is 2.00 bits per heavy atom. The molecule has 0 saturated carbocycles. The number of para-hydroxylation sites is 1. The van der Waals surface area contributed by atoms with Crippen LogP contribution in [0, 0.1) is 0 Å². The van der Waals surface area contributed by atoms with E-state index < -0.39 is 6.29 Å². The van der Waals surface area contributed by atoms with E-state index in [4.69, 9.17) is 13.9 Å². The Hall–Kier alpha value is -1.65. The van der Waals surface area contributed by atoms with E-state index in [1.54, 1.807) is 12.1 Å². The van der Waals surface area contributed by atoms with E-state index in [9.17, 15) is 4.79 Å². The minimum Gasteiger partial charge on any atom is -0.464 e. The third-order valence-corrected chi connectivity index (χ3v) is 3.52. The fraction of sp³-hybridized carbons (Fsp3) is 0.438. The SMILES string of the molecule is C[C@H]1CC(C)(C)O[C@H](c2coc3ccccc3c2=O)O1. The van der Waals surface area contributed by atoms with Crippen LogP contribution in [-0.2, 0) is 9.47 Å². The molecule has 106 valence electrons. The van der Waals surface area contributed by atoms with Crippen molar-refractivity contribution in [3.63, 3.8) is 0 Å². The second kappa shape index (κ2) is 4.72. The summed E-state index contributed by atoms with van der Waals surface area (Å²) in [5, 5.41) is 0.549. The first kappa shape index (κ1) is 13.3. The average Bonchev–Trinajstić information content (AvgIpc) is 2.37. The fourth-order valence-electron chi connectivity index (χ4n) is 2.71. The Morgan fingerprint density at radius 1 is 1.25 bits per heavy atom. The normalized spacial score (nSPS) is 25.8. The summed E-state index contributed by atoms with van der Waals surface area (Å²) in [5.41, 5.74) is 0.579. The molecule has 1 aromatic heterocycles. The van der Waals surface area contributed by atoms with Crippen molar-refractivity contribution in [2.45, 2.75) is 45.2 Å². The van der Waals surface area contributed by atoms with Gasteiger partial charge < -0.3 is 13.9 Å². The number of hydrogen-bond donors (Lipinski definition) is 0. The maximum Gasteiger partial charge on any atom is 0.200 e. The summed E-state index contributed by atoms with van der Waals surface area (Å²) >= 11 is 0. The Balaban J connectivity index is 2.06. The maximum atomic E-state index is 12.5. The third kappa shape index (κ3) is 2.37. The first-order valence-electron chi connectivity index (χ1n) is 6.80. The van der Waals surface area contributed by atoms with Gasteiger partial charge in [-0.25, -0.2) is 0 Å². The summed E-state index contributed by atoms with van der Waals surface area (Å²) in [4.78, 5) is 12.5. The molecule has 1 fully saturated rings. The number of rotatable bonds is 1. The summed E-state index contributed by atoms with van der Waals surface area (Å²) in [5.74, 6) is 0. The van der Waals surface area contributed by atoms with Gasteiger partial charge in [-0.3, -0.25) is 4.79 Å². The Bertz CT molecular complexity index is 686. The summed E-state index contributed by atoms with van der Waals surface area (Å²) in [6, 6.07) is 7.18. The molecule has 1 aliphatic rings. The molecule has 0 spiro atoms. The first-order chi connectivity index (χ1) is 9.46. The Labute approximate surface area is 117 Å². The van der Waals surface area contributed by atoms with Crippen LogP contribution in [0.25, 0.3) is 11.0 Å². The molecule has 0 radical (unpaired) electrons. The average molecular weight is 274 g/mol. The van der Waals surface area contributed by atoms with Crippen molar-refractivity contribution in [3.8, 4) is 0 Å². The second-order valence-electron chi connectivity index (χ2n) is 5.88. The van der Waals surface area contributed by atoms with Gasteiger partial charge in [0.2, 0.25) is 5.43 Å². The maximum absolute atomic E-state index is 12.5. The topological polar surface area (TPSA) is 48.7 Å². The van der Waals surface area contributed by atoms with E-state index in [-0.39, 0.29) is 17.1 Å². The number of ether oxygens (including phenoxy) is 2. The van der Waals surface area contributed by atoms with Gasteiger partial charge in [-0.05, 0) is 32.9 Å². The lowest BCUT2D eigenvalue weighted by molar-refractivity contribution is -0.274. The molecular formula is C16H18O4.